The van der Waals surface area contributed by atoms with Crippen molar-refractivity contribution >= 4 is 15.8 Å². The van der Waals surface area contributed by atoms with Crippen LogP contribution < -0.4 is 10.6 Å². The van der Waals surface area contributed by atoms with Crippen LogP contribution in [0, 0.1) is 5.92 Å². The number of sulfone groups is 1. The second kappa shape index (κ2) is 7.83. The minimum absolute atomic E-state index is 0.107. The summed E-state index contributed by atoms with van der Waals surface area (Å²) in [6.45, 7) is 14.3. The zero-order chi connectivity index (χ0) is 17.8. The number of aliphatic imine (C=N–C) groups is 1. The molecule has 0 saturated carbocycles. The van der Waals surface area contributed by atoms with E-state index in [0.29, 0.717) is 30.5 Å². The fourth-order valence-electron chi connectivity index (χ4n) is 2.59. The van der Waals surface area contributed by atoms with Gasteiger partial charge in [-0.3, -0.25) is 9.89 Å². The van der Waals surface area contributed by atoms with Crippen LogP contribution in [0.25, 0.3) is 0 Å². The van der Waals surface area contributed by atoms with Gasteiger partial charge in [0.15, 0.2) is 15.8 Å². The molecule has 0 spiro atoms. The van der Waals surface area contributed by atoms with Crippen molar-refractivity contribution in [3.05, 3.63) is 0 Å². The highest BCUT2D eigenvalue weighted by Crippen LogP contribution is 2.18. The molecule has 0 radical (unpaired) electrons. The molecular formula is C16H34N4O2S. The van der Waals surface area contributed by atoms with Crippen molar-refractivity contribution in [1.82, 2.24) is 15.5 Å². The standard InChI is InChI=1S/C16H34N4O2S/c1-12(2)20-10-13(3)14(11-20)19-15(17-7)18-8-9-23(21,22)16(4,5)6/h12-14H,8-11H2,1-7H3,(H2,17,18,19). The fraction of sp³-hybridized carbons (Fsp3) is 0.938. The molecule has 0 aromatic rings. The lowest BCUT2D eigenvalue weighted by molar-refractivity contribution is 0.265. The summed E-state index contributed by atoms with van der Waals surface area (Å²) >= 11 is 0. The van der Waals surface area contributed by atoms with Gasteiger partial charge < -0.3 is 10.6 Å². The summed E-state index contributed by atoms with van der Waals surface area (Å²) in [6, 6.07) is 0.874. The lowest BCUT2D eigenvalue weighted by Crippen LogP contribution is -2.48. The second-order valence-electron chi connectivity index (χ2n) is 7.71. The predicted octanol–water partition coefficient (Wildman–Crippen LogP) is 1.09. The predicted molar refractivity (Wildman–Crippen MR) is 97.7 cm³/mol. The zero-order valence-electron chi connectivity index (χ0n) is 15.7. The molecule has 0 aliphatic carbocycles. The average Bonchev–Trinajstić information content (AvgIpc) is 2.77. The Bertz CT molecular complexity index is 509. The van der Waals surface area contributed by atoms with Crippen LogP contribution in [0.5, 0.6) is 0 Å². The van der Waals surface area contributed by atoms with Gasteiger partial charge in [0.2, 0.25) is 0 Å². The third-order valence-corrected chi connectivity index (χ3v) is 7.12. The highest BCUT2D eigenvalue weighted by atomic mass is 32.2. The number of nitrogens with one attached hydrogen (secondary N) is 2. The normalized spacial score (nSPS) is 24.3. The molecule has 1 rings (SSSR count). The topological polar surface area (TPSA) is 73.8 Å². The smallest absolute Gasteiger partial charge is 0.191 e. The van der Waals surface area contributed by atoms with Gasteiger partial charge in [0, 0.05) is 38.8 Å². The Hall–Kier alpha value is -0.820. The minimum atomic E-state index is -3.11. The van der Waals surface area contributed by atoms with Crippen LogP contribution in [0.4, 0.5) is 0 Å². The van der Waals surface area contributed by atoms with E-state index in [1.54, 1.807) is 27.8 Å². The molecule has 1 aliphatic heterocycles. The molecule has 2 atom stereocenters. The third-order valence-electron chi connectivity index (χ3n) is 4.51. The Balaban J connectivity index is 2.51. The van der Waals surface area contributed by atoms with E-state index >= 15 is 0 Å². The summed E-state index contributed by atoms with van der Waals surface area (Å²) in [5.74, 6) is 1.32. The summed E-state index contributed by atoms with van der Waals surface area (Å²) in [5.41, 5.74) is 0. The molecule has 2 N–H and O–H groups in total. The van der Waals surface area contributed by atoms with Crippen molar-refractivity contribution in [2.75, 3.05) is 32.4 Å². The van der Waals surface area contributed by atoms with E-state index in [2.05, 4.69) is 41.3 Å². The van der Waals surface area contributed by atoms with Crippen LogP contribution in [0.1, 0.15) is 41.5 Å². The third kappa shape index (κ3) is 5.64. The van der Waals surface area contributed by atoms with E-state index in [0.717, 1.165) is 13.1 Å². The Morgan fingerprint density at radius 1 is 1.30 bits per heavy atom. The molecule has 2 unspecified atom stereocenters. The molecule has 1 aliphatic rings. The molecule has 136 valence electrons. The molecule has 1 saturated heterocycles. The van der Waals surface area contributed by atoms with E-state index in [1.165, 1.54) is 0 Å². The quantitative estimate of drug-likeness (QED) is 0.576. The Morgan fingerprint density at radius 3 is 2.35 bits per heavy atom. The van der Waals surface area contributed by atoms with Crippen molar-refractivity contribution in [3.63, 3.8) is 0 Å². The van der Waals surface area contributed by atoms with Crippen molar-refractivity contribution < 1.29 is 8.42 Å². The molecule has 1 fully saturated rings. The molecule has 0 amide bonds. The monoisotopic (exact) mass is 346 g/mol. The first-order valence-corrected chi connectivity index (χ1v) is 10.1. The maximum Gasteiger partial charge on any atom is 0.191 e. The number of hydrogen-bond donors (Lipinski definition) is 2. The van der Waals surface area contributed by atoms with Gasteiger partial charge in [-0.1, -0.05) is 6.92 Å². The first-order valence-electron chi connectivity index (χ1n) is 8.41. The lowest BCUT2D eigenvalue weighted by atomic mass is 10.1. The number of likely N-dealkylation sites (tertiary alicyclic amines) is 1. The number of nitrogens with zero attached hydrogens (tertiary/aromatic N) is 2. The summed E-state index contributed by atoms with van der Waals surface area (Å²) < 4.78 is 23.5. The lowest BCUT2D eigenvalue weighted by Gasteiger charge is -2.23. The number of rotatable bonds is 5. The van der Waals surface area contributed by atoms with E-state index in [9.17, 15) is 8.42 Å². The van der Waals surface area contributed by atoms with Crippen LogP contribution in [-0.2, 0) is 9.84 Å². The Labute approximate surface area is 142 Å². The van der Waals surface area contributed by atoms with Crippen LogP contribution in [-0.4, -0.2) is 68.5 Å². The van der Waals surface area contributed by atoms with Gasteiger partial charge in [-0.2, -0.15) is 0 Å². The number of hydrogen-bond acceptors (Lipinski definition) is 4. The van der Waals surface area contributed by atoms with Gasteiger partial charge in [-0.05, 0) is 40.5 Å². The van der Waals surface area contributed by atoms with Crippen LogP contribution in [0.3, 0.4) is 0 Å². The summed E-state index contributed by atoms with van der Waals surface area (Å²) in [7, 11) is -1.40. The summed E-state index contributed by atoms with van der Waals surface area (Å²) in [5, 5.41) is 6.56. The zero-order valence-corrected chi connectivity index (χ0v) is 16.5. The Kier molecular flexibility index (Phi) is 6.89. The molecule has 23 heavy (non-hydrogen) atoms. The van der Waals surface area contributed by atoms with E-state index in [1.807, 2.05) is 0 Å². The van der Waals surface area contributed by atoms with Gasteiger partial charge in [0.1, 0.15) is 0 Å². The molecule has 7 heteroatoms. The van der Waals surface area contributed by atoms with Crippen molar-refractivity contribution in [2.45, 2.75) is 58.4 Å². The van der Waals surface area contributed by atoms with Crippen LogP contribution in [0.15, 0.2) is 4.99 Å². The second-order valence-corrected chi connectivity index (χ2v) is 10.6. The first-order chi connectivity index (χ1) is 10.5. The molecule has 6 nitrogen and oxygen atoms in total. The minimum Gasteiger partial charge on any atom is -0.355 e. The van der Waals surface area contributed by atoms with E-state index < -0.39 is 14.6 Å². The largest absolute Gasteiger partial charge is 0.355 e. The molecule has 0 bridgehead atoms. The highest BCUT2D eigenvalue weighted by molar-refractivity contribution is 7.92. The summed E-state index contributed by atoms with van der Waals surface area (Å²) in [4.78, 5) is 6.66. The molecular weight excluding hydrogens is 312 g/mol. The van der Waals surface area contributed by atoms with Gasteiger partial charge >= 0.3 is 0 Å². The average molecular weight is 347 g/mol. The van der Waals surface area contributed by atoms with Crippen molar-refractivity contribution in [3.8, 4) is 0 Å². The summed E-state index contributed by atoms with van der Waals surface area (Å²) in [6.07, 6.45) is 0. The Morgan fingerprint density at radius 2 is 1.91 bits per heavy atom. The van der Waals surface area contributed by atoms with Gasteiger partial charge in [-0.25, -0.2) is 8.42 Å². The van der Waals surface area contributed by atoms with Crippen LogP contribution >= 0.6 is 0 Å². The fourth-order valence-corrected chi connectivity index (χ4v) is 3.58. The van der Waals surface area contributed by atoms with Crippen molar-refractivity contribution in [1.29, 1.82) is 0 Å². The van der Waals surface area contributed by atoms with E-state index in [-0.39, 0.29) is 5.75 Å². The van der Waals surface area contributed by atoms with Crippen LogP contribution in [0.2, 0.25) is 0 Å². The maximum absolute atomic E-state index is 12.1. The first kappa shape index (κ1) is 20.2. The van der Waals surface area contributed by atoms with Gasteiger partial charge in [0.25, 0.3) is 0 Å². The van der Waals surface area contributed by atoms with Gasteiger partial charge in [0.05, 0.1) is 10.5 Å². The van der Waals surface area contributed by atoms with E-state index in [4.69, 9.17) is 0 Å². The molecule has 1 heterocycles. The van der Waals surface area contributed by atoms with Crippen molar-refractivity contribution in [2.24, 2.45) is 10.9 Å². The van der Waals surface area contributed by atoms with Gasteiger partial charge in [-0.15, -0.1) is 0 Å². The SMILES string of the molecule is CN=C(NCCS(=O)(=O)C(C)(C)C)NC1CN(C(C)C)CC1C. The highest BCUT2D eigenvalue weighted by Gasteiger charge is 2.32. The number of guanidine groups is 1. The maximum atomic E-state index is 12.1. The molecule has 0 aromatic carbocycles. The molecule has 0 aromatic heterocycles.